The molecule has 1 atom stereocenters. The summed E-state index contributed by atoms with van der Waals surface area (Å²) < 4.78 is 0. The molecule has 158 valence electrons. The lowest BCUT2D eigenvalue weighted by Crippen LogP contribution is -2.50. The van der Waals surface area contributed by atoms with Gasteiger partial charge in [-0.3, -0.25) is 14.6 Å². The smallest absolute Gasteiger partial charge is 0.228 e. The van der Waals surface area contributed by atoms with Gasteiger partial charge in [-0.15, -0.1) is 0 Å². The maximum atomic E-state index is 12.7. The lowest BCUT2D eigenvalue weighted by Gasteiger charge is -2.38. The third-order valence-corrected chi connectivity index (χ3v) is 6.17. The number of carbonyl (C=O) groups is 3. The van der Waals surface area contributed by atoms with E-state index in [1.807, 2.05) is 17.0 Å². The molecule has 2 fully saturated rings. The highest BCUT2D eigenvalue weighted by molar-refractivity contribution is 5.83. The molecule has 1 aliphatic carbocycles. The Morgan fingerprint density at radius 2 is 1.90 bits per heavy atom. The second-order valence-electron chi connectivity index (χ2n) is 8.00. The number of rotatable bonds is 7. The summed E-state index contributed by atoms with van der Waals surface area (Å²) in [7, 11) is 1.60. The minimum absolute atomic E-state index is 0.123. The van der Waals surface area contributed by atoms with Crippen LogP contribution in [0.3, 0.4) is 0 Å². The van der Waals surface area contributed by atoms with E-state index in [4.69, 9.17) is 0 Å². The third-order valence-electron chi connectivity index (χ3n) is 6.17. The van der Waals surface area contributed by atoms with Crippen molar-refractivity contribution in [3.05, 3.63) is 24.0 Å². The number of piperazine rings is 1. The van der Waals surface area contributed by atoms with Crippen molar-refractivity contribution in [2.45, 2.75) is 50.9 Å². The van der Waals surface area contributed by atoms with Gasteiger partial charge in [0.25, 0.3) is 0 Å². The molecule has 1 N–H and O–H groups in total. The van der Waals surface area contributed by atoms with Crippen molar-refractivity contribution < 1.29 is 14.4 Å². The number of nitrogens with one attached hydrogen (secondary N) is 1. The molecule has 0 bridgehead atoms. The van der Waals surface area contributed by atoms with Crippen LogP contribution in [0.5, 0.6) is 0 Å². The topological polar surface area (TPSA) is 82.6 Å². The zero-order valence-electron chi connectivity index (χ0n) is 17.3. The number of hydrogen-bond acceptors (Lipinski definition) is 5. The van der Waals surface area contributed by atoms with E-state index >= 15 is 0 Å². The molecule has 0 aromatic carbocycles. The van der Waals surface area contributed by atoms with Crippen LogP contribution in [0.2, 0.25) is 0 Å². The number of nitrogens with zero attached hydrogens (tertiary/aromatic N) is 3. The largest absolute Gasteiger partial charge is 0.367 e. The van der Waals surface area contributed by atoms with Crippen LogP contribution in [0.15, 0.2) is 18.3 Å². The van der Waals surface area contributed by atoms with E-state index in [2.05, 4.69) is 15.2 Å². The first-order chi connectivity index (χ1) is 14.1. The van der Waals surface area contributed by atoms with Gasteiger partial charge in [0.1, 0.15) is 6.29 Å². The zero-order chi connectivity index (χ0) is 20.6. The Kier molecular flexibility index (Phi) is 7.61. The van der Waals surface area contributed by atoms with Crippen molar-refractivity contribution in [1.29, 1.82) is 0 Å². The van der Waals surface area contributed by atoms with Crippen molar-refractivity contribution >= 4 is 23.8 Å². The zero-order valence-corrected chi connectivity index (χ0v) is 17.3. The highest BCUT2D eigenvalue weighted by Crippen LogP contribution is 2.27. The number of pyridine rings is 1. The molecule has 29 heavy (non-hydrogen) atoms. The molecular formula is C22H32N4O3. The van der Waals surface area contributed by atoms with Crippen LogP contribution in [-0.2, 0) is 14.4 Å². The molecule has 0 spiro atoms. The lowest BCUT2D eigenvalue weighted by atomic mass is 9.88. The molecule has 1 aromatic heterocycles. The second kappa shape index (κ2) is 10.4. The summed E-state index contributed by atoms with van der Waals surface area (Å²) in [6, 6.07) is 3.86. The number of carbonyl (C=O) groups excluding carboxylic acids is 3. The Hall–Kier alpha value is -2.44. The molecule has 7 nitrogen and oxygen atoms in total. The molecule has 1 saturated heterocycles. The molecule has 1 unspecified atom stereocenters. The Morgan fingerprint density at radius 1 is 1.17 bits per heavy atom. The fourth-order valence-corrected chi connectivity index (χ4v) is 4.41. The van der Waals surface area contributed by atoms with E-state index in [-0.39, 0.29) is 11.8 Å². The normalized spacial score (nSPS) is 18.9. The Labute approximate surface area is 172 Å². The van der Waals surface area contributed by atoms with Gasteiger partial charge in [0.15, 0.2) is 0 Å². The summed E-state index contributed by atoms with van der Waals surface area (Å²) in [5.74, 6) is 0.0248. The van der Waals surface area contributed by atoms with Crippen LogP contribution >= 0.6 is 0 Å². The Bertz CT molecular complexity index is 693. The highest BCUT2D eigenvalue weighted by atomic mass is 16.2. The highest BCUT2D eigenvalue weighted by Gasteiger charge is 2.28. The van der Waals surface area contributed by atoms with Crippen LogP contribution in [0.1, 0.15) is 56.6 Å². The summed E-state index contributed by atoms with van der Waals surface area (Å²) in [5.41, 5.74) is 1.69. The first-order valence-corrected chi connectivity index (χ1v) is 10.8. The first kappa shape index (κ1) is 21.3. The molecule has 2 heterocycles. The van der Waals surface area contributed by atoms with Crippen molar-refractivity contribution in [1.82, 2.24) is 15.2 Å². The number of aldehydes is 1. The predicted molar refractivity (Wildman–Crippen MR) is 112 cm³/mol. The van der Waals surface area contributed by atoms with Gasteiger partial charge in [-0.25, -0.2) is 0 Å². The molecule has 2 amide bonds. The van der Waals surface area contributed by atoms with Gasteiger partial charge in [0, 0.05) is 45.6 Å². The second-order valence-corrected chi connectivity index (χ2v) is 8.00. The monoisotopic (exact) mass is 400 g/mol. The molecule has 1 aromatic rings. The van der Waals surface area contributed by atoms with Crippen LogP contribution in [0.25, 0.3) is 0 Å². The van der Waals surface area contributed by atoms with E-state index in [0.29, 0.717) is 24.4 Å². The van der Waals surface area contributed by atoms with Crippen LogP contribution in [-0.4, -0.2) is 61.2 Å². The van der Waals surface area contributed by atoms with E-state index < -0.39 is 5.92 Å². The van der Waals surface area contributed by atoms with Gasteiger partial charge in [0.05, 0.1) is 23.5 Å². The Balaban J connectivity index is 1.57. The quantitative estimate of drug-likeness (QED) is 0.709. The number of likely N-dealkylation sites (N-methyl/N-ethyl adjacent to an activating group) is 1. The van der Waals surface area contributed by atoms with E-state index in [1.165, 1.54) is 19.3 Å². The summed E-state index contributed by atoms with van der Waals surface area (Å²) in [4.78, 5) is 44.3. The number of hydrogen-bond donors (Lipinski definition) is 1. The van der Waals surface area contributed by atoms with Crippen molar-refractivity contribution in [2.75, 3.05) is 38.1 Å². The van der Waals surface area contributed by atoms with Gasteiger partial charge in [-0.2, -0.15) is 0 Å². The van der Waals surface area contributed by atoms with Crippen molar-refractivity contribution in [3.8, 4) is 0 Å². The third kappa shape index (κ3) is 5.34. The van der Waals surface area contributed by atoms with E-state index in [0.717, 1.165) is 51.0 Å². The van der Waals surface area contributed by atoms with Gasteiger partial charge in [-0.1, -0.05) is 19.3 Å². The van der Waals surface area contributed by atoms with Crippen molar-refractivity contribution in [3.63, 3.8) is 0 Å². The van der Waals surface area contributed by atoms with Crippen LogP contribution in [0, 0.1) is 5.92 Å². The van der Waals surface area contributed by atoms with Gasteiger partial charge < -0.3 is 19.9 Å². The van der Waals surface area contributed by atoms with Gasteiger partial charge >= 0.3 is 0 Å². The fraction of sp³-hybridized carbons (Fsp3) is 0.636. The van der Waals surface area contributed by atoms with Crippen molar-refractivity contribution in [2.24, 2.45) is 5.92 Å². The SMILES string of the molecule is CNC(=O)C(CCC=O)c1ccc(N2CCN(C(=O)C3CCCCC3)CC2)cn1. The Morgan fingerprint density at radius 3 is 2.48 bits per heavy atom. The minimum Gasteiger partial charge on any atom is -0.367 e. The lowest BCUT2D eigenvalue weighted by molar-refractivity contribution is -0.136. The molecule has 1 saturated carbocycles. The van der Waals surface area contributed by atoms with E-state index in [9.17, 15) is 14.4 Å². The first-order valence-electron chi connectivity index (χ1n) is 10.8. The molecule has 0 radical (unpaired) electrons. The molecule has 7 heteroatoms. The van der Waals surface area contributed by atoms with Crippen LogP contribution < -0.4 is 10.2 Å². The minimum atomic E-state index is -0.413. The summed E-state index contributed by atoms with van der Waals surface area (Å²) >= 11 is 0. The molecule has 1 aliphatic heterocycles. The standard InChI is InChI=1S/C22H32N4O3/c1-23-21(28)19(8-5-15-27)20-10-9-18(16-24-20)25-11-13-26(14-12-25)22(29)17-6-3-2-4-7-17/h9-10,15-17,19H,2-8,11-14H2,1H3,(H,23,28). The molecular weight excluding hydrogens is 368 g/mol. The summed E-state index contributed by atoms with van der Waals surface area (Å²) in [6.45, 7) is 3.08. The fourth-order valence-electron chi connectivity index (χ4n) is 4.41. The number of anilines is 1. The van der Waals surface area contributed by atoms with E-state index in [1.54, 1.807) is 13.2 Å². The number of aromatic nitrogens is 1. The van der Waals surface area contributed by atoms with Gasteiger partial charge in [0.2, 0.25) is 11.8 Å². The summed E-state index contributed by atoms with van der Waals surface area (Å²) in [5, 5.41) is 2.65. The average Bonchev–Trinajstić information content (AvgIpc) is 2.79. The average molecular weight is 401 g/mol. The van der Waals surface area contributed by atoms with Crippen LogP contribution in [0.4, 0.5) is 5.69 Å². The number of amides is 2. The summed E-state index contributed by atoms with van der Waals surface area (Å²) in [6.07, 6.45) is 9.12. The predicted octanol–water partition coefficient (Wildman–Crippen LogP) is 2.12. The maximum absolute atomic E-state index is 12.7. The molecule has 3 rings (SSSR count). The van der Waals surface area contributed by atoms with Gasteiger partial charge in [-0.05, 0) is 31.4 Å². The molecule has 2 aliphatic rings. The maximum Gasteiger partial charge on any atom is 0.228 e.